The number of phenolic OH excluding ortho intramolecular Hbond substituents is 1. The first kappa shape index (κ1) is 21.4. The molecule has 1 aromatic heterocycles. The molecule has 3 aromatic carbocycles. The summed E-state index contributed by atoms with van der Waals surface area (Å²) in [5, 5.41) is 11.2. The number of anilines is 1. The lowest BCUT2D eigenvalue weighted by molar-refractivity contribution is 0.0971. The van der Waals surface area contributed by atoms with Gasteiger partial charge in [-0.3, -0.25) is 14.5 Å². The number of nitrogens with zero attached hydrogens (tertiary/aromatic N) is 1. The lowest BCUT2D eigenvalue weighted by atomic mass is 9.97. The van der Waals surface area contributed by atoms with E-state index in [4.69, 9.17) is 32.4 Å². The highest BCUT2D eigenvalue weighted by molar-refractivity contribution is 6.32. The SMILES string of the molecule is COc1cc(C2c3c(oc4ccc(Cl)cc4c3=O)C(=O)N2c2ccc(C)c(Cl)c2)ccc1O. The molecule has 1 aliphatic rings. The molecule has 1 aliphatic heterocycles. The topological polar surface area (TPSA) is 80.0 Å². The molecule has 1 atom stereocenters. The molecule has 0 bridgehead atoms. The van der Waals surface area contributed by atoms with E-state index in [1.807, 2.05) is 6.92 Å². The van der Waals surface area contributed by atoms with Crippen LogP contribution in [-0.2, 0) is 0 Å². The number of benzene rings is 3. The van der Waals surface area contributed by atoms with Crippen molar-refractivity contribution in [2.24, 2.45) is 0 Å². The Morgan fingerprint density at radius 3 is 2.55 bits per heavy atom. The van der Waals surface area contributed by atoms with E-state index in [2.05, 4.69) is 0 Å². The highest BCUT2D eigenvalue weighted by Crippen LogP contribution is 2.43. The Kier molecular flexibility index (Phi) is 5.07. The Balaban J connectivity index is 1.83. The first-order valence-corrected chi connectivity index (χ1v) is 10.8. The molecule has 0 fully saturated rings. The number of hydrogen-bond donors (Lipinski definition) is 1. The molecule has 166 valence electrons. The zero-order valence-corrected chi connectivity index (χ0v) is 19.1. The van der Waals surface area contributed by atoms with Gasteiger partial charge in [0.05, 0.1) is 24.1 Å². The van der Waals surface area contributed by atoms with E-state index in [0.717, 1.165) is 5.56 Å². The van der Waals surface area contributed by atoms with Gasteiger partial charge in [0.2, 0.25) is 5.76 Å². The number of aryl methyl sites for hydroxylation is 1. The summed E-state index contributed by atoms with van der Waals surface area (Å²) in [5.41, 5.74) is 1.99. The monoisotopic (exact) mass is 481 g/mol. The number of phenols is 1. The van der Waals surface area contributed by atoms with Crippen LogP contribution in [0.25, 0.3) is 11.0 Å². The third-order valence-corrected chi connectivity index (χ3v) is 6.43. The largest absolute Gasteiger partial charge is 0.504 e. The average molecular weight is 482 g/mol. The van der Waals surface area contributed by atoms with E-state index in [9.17, 15) is 14.7 Å². The van der Waals surface area contributed by atoms with Crippen LogP contribution in [0.15, 0.2) is 63.8 Å². The van der Waals surface area contributed by atoms with Crippen LogP contribution < -0.4 is 15.1 Å². The van der Waals surface area contributed by atoms with Crippen molar-refractivity contribution in [3.05, 3.63) is 97.3 Å². The van der Waals surface area contributed by atoms with Crippen molar-refractivity contribution in [2.75, 3.05) is 12.0 Å². The van der Waals surface area contributed by atoms with E-state index >= 15 is 0 Å². The van der Waals surface area contributed by atoms with E-state index < -0.39 is 11.9 Å². The third kappa shape index (κ3) is 3.34. The Morgan fingerprint density at radius 1 is 1.03 bits per heavy atom. The highest BCUT2D eigenvalue weighted by atomic mass is 35.5. The Bertz CT molecular complexity index is 1510. The maximum absolute atomic E-state index is 13.6. The van der Waals surface area contributed by atoms with Crippen molar-refractivity contribution in [3.8, 4) is 11.5 Å². The maximum Gasteiger partial charge on any atom is 0.295 e. The second-order valence-corrected chi connectivity index (χ2v) is 8.60. The van der Waals surface area contributed by atoms with Crippen molar-refractivity contribution in [1.82, 2.24) is 0 Å². The van der Waals surface area contributed by atoms with Gasteiger partial charge in [0.15, 0.2) is 16.9 Å². The molecule has 1 unspecified atom stereocenters. The zero-order valence-electron chi connectivity index (χ0n) is 17.6. The molecule has 1 amide bonds. The number of fused-ring (bicyclic) bond motifs is 2. The minimum atomic E-state index is -0.833. The van der Waals surface area contributed by atoms with Gasteiger partial charge in [-0.1, -0.05) is 35.3 Å². The number of carbonyl (C=O) groups is 1. The van der Waals surface area contributed by atoms with E-state index in [-0.39, 0.29) is 39.2 Å². The van der Waals surface area contributed by atoms with Crippen molar-refractivity contribution < 1.29 is 19.1 Å². The molecule has 8 heteroatoms. The van der Waals surface area contributed by atoms with Crippen LogP contribution in [-0.4, -0.2) is 18.1 Å². The predicted molar refractivity (Wildman–Crippen MR) is 127 cm³/mol. The zero-order chi connectivity index (χ0) is 23.4. The van der Waals surface area contributed by atoms with Crippen LogP contribution in [0.4, 0.5) is 5.69 Å². The first-order chi connectivity index (χ1) is 15.8. The quantitative estimate of drug-likeness (QED) is 0.395. The molecule has 0 saturated carbocycles. The van der Waals surface area contributed by atoms with Gasteiger partial charge < -0.3 is 14.3 Å². The summed E-state index contributed by atoms with van der Waals surface area (Å²) in [4.78, 5) is 28.7. The maximum atomic E-state index is 13.6. The number of halogens is 2. The minimum absolute atomic E-state index is 0.0523. The molecule has 1 N–H and O–H groups in total. The lowest BCUT2D eigenvalue weighted by Crippen LogP contribution is -2.29. The van der Waals surface area contributed by atoms with Crippen molar-refractivity contribution in [3.63, 3.8) is 0 Å². The fourth-order valence-corrected chi connectivity index (χ4v) is 4.47. The molecule has 6 nitrogen and oxygen atoms in total. The number of aromatic hydroxyl groups is 1. The number of hydrogen-bond acceptors (Lipinski definition) is 5. The summed E-state index contributed by atoms with van der Waals surface area (Å²) in [5.74, 6) is -0.379. The molecular weight excluding hydrogens is 465 g/mol. The minimum Gasteiger partial charge on any atom is -0.504 e. The van der Waals surface area contributed by atoms with Gasteiger partial charge in [0.25, 0.3) is 5.91 Å². The summed E-state index contributed by atoms with van der Waals surface area (Å²) >= 11 is 12.5. The van der Waals surface area contributed by atoms with Crippen LogP contribution in [0.3, 0.4) is 0 Å². The second kappa shape index (κ2) is 7.83. The predicted octanol–water partition coefficient (Wildman–Crippen LogP) is 5.87. The highest BCUT2D eigenvalue weighted by Gasteiger charge is 2.44. The molecule has 4 aromatic rings. The Morgan fingerprint density at radius 2 is 1.82 bits per heavy atom. The fourth-order valence-electron chi connectivity index (χ4n) is 4.12. The van der Waals surface area contributed by atoms with Gasteiger partial charge in [-0.25, -0.2) is 0 Å². The molecular formula is C25H17Cl2NO5. The number of ether oxygens (including phenoxy) is 1. The fraction of sp³-hybridized carbons (Fsp3) is 0.120. The van der Waals surface area contributed by atoms with Crippen LogP contribution in [0.2, 0.25) is 10.0 Å². The van der Waals surface area contributed by atoms with Crippen molar-refractivity contribution in [1.29, 1.82) is 0 Å². The summed E-state index contributed by atoms with van der Waals surface area (Å²) in [6, 6.07) is 13.8. The van der Waals surface area contributed by atoms with Crippen molar-refractivity contribution >= 4 is 45.8 Å². The van der Waals surface area contributed by atoms with Gasteiger partial charge in [0.1, 0.15) is 5.58 Å². The van der Waals surface area contributed by atoms with Gasteiger partial charge in [0, 0.05) is 15.7 Å². The van der Waals surface area contributed by atoms with Crippen LogP contribution in [0, 0.1) is 6.92 Å². The third-order valence-electron chi connectivity index (χ3n) is 5.79. The van der Waals surface area contributed by atoms with Gasteiger partial charge in [-0.2, -0.15) is 0 Å². The Hall–Kier alpha value is -3.48. The molecule has 0 spiro atoms. The van der Waals surface area contributed by atoms with E-state index in [0.29, 0.717) is 21.3 Å². The van der Waals surface area contributed by atoms with Crippen LogP contribution in [0.1, 0.15) is 33.3 Å². The summed E-state index contributed by atoms with van der Waals surface area (Å²) in [7, 11) is 1.42. The number of rotatable bonds is 3. The average Bonchev–Trinajstić information content (AvgIpc) is 3.09. The molecule has 0 radical (unpaired) electrons. The van der Waals surface area contributed by atoms with Gasteiger partial charge >= 0.3 is 0 Å². The Labute approximate surface area is 198 Å². The number of amides is 1. The first-order valence-electron chi connectivity index (χ1n) is 10.0. The molecule has 0 saturated heterocycles. The second-order valence-electron chi connectivity index (χ2n) is 7.76. The van der Waals surface area contributed by atoms with Crippen LogP contribution in [0.5, 0.6) is 11.5 Å². The van der Waals surface area contributed by atoms with Crippen molar-refractivity contribution in [2.45, 2.75) is 13.0 Å². The summed E-state index contributed by atoms with van der Waals surface area (Å²) in [6.07, 6.45) is 0. The van der Waals surface area contributed by atoms with E-state index in [1.54, 1.807) is 42.5 Å². The molecule has 5 rings (SSSR count). The van der Waals surface area contributed by atoms with E-state index in [1.165, 1.54) is 24.1 Å². The smallest absolute Gasteiger partial charge is 0.295 e. The molecule has 33 heavy (non-hydrogen) atoms. The van der Waals surface area contributed by atoms with Gasteiger partial charge in [-0.05, 0) is 60.5 Å². The standard InChI is InChI=1S/C25H17Cl2NO5/c1-12-3-6-15(11-17(12)27)28-22(13-4-7-18(29)20(9-13)32-2)21-23(30)16-10-14(26)5-8-19(16)33-24(21)25(28)31/h3-11,22,29H,1-2H3. The summed E-state index contributed by atoms with van der Waals surface area (Å²) in [6.45, 7) is 1.86. The number of methoxy groups -OCH3 is 1. The molecule has 2 heterocycles. The lowest BCUT2D eigenvalue weighted by Gasteiger charge is -2.26. The number of carbonyl (C=O) groups excluding carboxylic acids is 1. The summed E-state index contributed by atoms with van der Waals surface area (Å²) < 4.78 is 11.2. The van der Waals surface area contributed by atoms with Crippen LogP contribution >= 0.6 is 23.2 Å². The van der Waals surface area contributed by atoms with Gasteiger partial charge in [-0.15, -0.1) is 0 Å². The normalized spacial score (nSPS) is 15.2. The molecule has 0 aliphatic carbocycles.